The first kappa shape index (κ1) is 14.5. The maximum Gasteiger partial charge on any atom is 0.333 e. The van der Waals surface area contributed by atoms with Crippen LogP contribution in [0.4, 0.5) is 5.69 Å². The minimum atomic E-state index is -0.574. The van der Waals surface area contributed by atoms with Gasteiger partial charge in [-0.05, 0) is 42.8 Å². The van der Waals surface area contributed by atoms with Crippen LogP contribution in [0.2, 0.25) is 0 Å². The average Bonchev–Trinajstić information content (AvgIpc) is 2.47. The van der Waals surface area contributed by atoms with Gasteiger partial charge in [-0.3, -0.25) is 4.98 Å². The normalized spacial score (nSPS) is 11.8. The average molecular weight is 335 g/mol. The molecule has 0 bridgehead atoms. The fraction of sp³-hybridized carbons (Fsp3) is 0.200. The summed E-state index contributed by atoms with van der Waals surface area (Å²) in [6, 6.07) is 8.90. The highest BCUT2D eigenvalue weighted by Gasteiger charge is 2.23. The largest absolute Gasteiger partial charge is 0.467 e. The molecule has 1 aromatic carbocycles. The molecule has 0 aliphatic rings. The Kier molecular flexibility index (Phi) is 4.74. The van der Waals surface area contributed by atoms with E-state index in [9.17, 15) is 4.79 Å². The first-order valence-corrected chi connectivity index (χ1v) is 6.91. The van der Waals surface area contributed by atoms with Gasteiger partial charge >= 0.3 is 5.97 Å². The summed E-state index contributed by atoms with van der Waals surface area (Å²) < 4.78 is 5.86. The fourth-order valence-corrected chi connectivity index (χ4v) is 2.14. The van der Waals surface area contributed by atoms with Gasteiger partial charge in [-0.25, -0.2) is 4.79 Å². The van der Waals surface area contributed by atoms with Crippen LogP contribution in [-0.2, 0) is 9.53 Å². The number of nitrogens with zero attached hydrogens (tertiary/aromatic N) is 1. The molecule has 0 amide bonds. The first-order valence-electron chi connectivity index (χ1n) is 6.12. The van der Waals surface area contributed by atoms with Gasteiger partial charge in [0, 0.05) is 28.1 Å². The summed E-state index contributed by atoms with van der Waals surface area (Å²) in [7, 11) is 1.38. The van der Waals surface area contributed by atoms with E-state index < -0.39 is 6.04 Å². The van der Waals surface area contributed by atoms with Gasteiger partial charge in [0.2, 0.25) is 0 Å². The minimum Gasteiger partial charge on any atom is -0.467 e. The Morgan fingerprint density at radius 2 is 2.00 bits per heavy atom. The Bertz CT molecular complexity index is 599. The highest BCUT2D eigenvalue weighted by atomic mass is 79.9. The quantitative estimate of drug-likeness (QED) is 0.869. The summed E-state index contributed by atoms with van der Waals surface area (Å²) in [4.78, 5) is 16.1. The van der Waals surface area contributed by atoms with Crippen molar-refractivity contribution in [2.24, 2.45) is 0 Å². The van der Waals surface area contributed by atoms with E-state index in [0.29, 0.717) is 0 Å². The van der Waals surface area contributed by atoms with Crippen LogP contribution in [0.15, 0.2) is 47.2 Å². The number of benzene rings is 1. The van der Waals surface area contributed by atoms with E-state index >= 15 is 0 Å². The summed E-state index contributed by atoms with van der Waals surface area (Å²) in [5, 5.41) is 3.18. The number of carbonyl (C=O) groups is 1. The SMILES string of the molecule is COC(=O)C(Nc1ccc(Br)cc1)c1cnccc1C. The van der Waals surface area contributed by atoms with E-state index in [4.69, 9.17) is 4.74 Å². The van der Waals surface area contributed by atoms with Crippen molar-refractivity contribution in [1.29, 1.82) is 0 Å². The Labute approximate surface area is 126 Å². The zero-order valence-corrected chi connectivity index (χ0v) is 12.8. The smallest absolute Gasteiger partial charge is 0.333 e. The standard InChI is InChI=1S/C15H15BrN2O2/c1-10-7-8-17-9-13(10)14(15(19)20-2)18-12-5-3-11(16)4-6-12/h3-9,14,18H,1-2H3. The molecule has 0 saturated carbocycles. The second-order valence-electron chi connectivity index (χ2n) is 4.34. The summed E-state index contributed by atoms with van der Waals surface area (Å²) in [6.07, 6.45) is 3.38. The molecule has 1 unspecified atom stereocenters. The number of hydrogen-bond acceptors (Lipinski definition) is 4. The number of nitrogens with one attached hydrogen (secondary N) is 1. The van der Waals surface area contributed by atoms with E-state index in [1.807, 2.05) is 37.3 Å². The van der Waals surface area contributed by atoms with Gasteiger partial charge in [-0.1, -0.05) is 15.9 Å². The molecule has 2 rings (SSSR count). The molecule has 4 nitrogen and oxygen atoms in total. The second kappa shape index (κ2) is 6.52. The lowest BCUT2D eigenvalue weighted by Crippen LogP contribution is -2.23. The van der Waals surface area contributed by atoms with Gasteiger partial charge in [0.1, 0.15) is 0 Å². The molecule has 1 atom stereocenters. The number of rotatable bonds is 4. The highest BCUT2D eigenvalue weighted by Crippen LogP contribution is 2.24. The van der Waals surface area contributed by atoms with Crippen molar-refractivity contribution in [3.05, 3.63) is 58.3 Å². The summed E-state index contributed by atoms with van der Waals surface area (Å²) in [6.45, 7) is 1.94. The maximum absolute atomic E-state index is 12.0. The molecular weight excluding hydrogens is 320 g/mol. The highest BCUT2D eigenvalue weighted by molar-refractivity contribution is 9.10. The van der Waals surface area contributed by atoms with Crippen molar-refractivity contribution < 1.29 is 9.53 Å². The zero-order valence-electron chi connectivity index (χ0n) is 11.3. The number of halogens is 1. The molecular formula is C15H15BrN2O2. The Balaban J connectivity index is 2.31. The van der Waals surface area contributed by atoms with Crippen LogP contribution in [0.1, 0.15) is 17.2 Å². The molecule has 1 aromatic heterocycles. The first-order chi connectivity index (χ1) is 9.61. The van der Waals surface area contributed by atoms with Crippen molar-refractivity contribution in [2.75, 3.05) is 12.4 Å². The molecule has 2 aromatic rings. The van der Waals surface area contributed by atoms with Gasteiger partial charge in [-0.2, -0.15) is 0 Å². The van der Waals surface area contributed by atoms with Crippen LogP contribution in [-0.4, -0.2) is 18.1 Å². The van der Waals surface area contributed by atoms with Gasteiger partial charge in [0.05, 0.1) is 7.11 Å². The monoisotopic (exact) mass is 334 g/mol. The Hall–Kier alpha value is -1.88. The lowest BCUT2D eigenvalue weighted by atomic mass is 10.0. The van der Waals surface area contributed by atoms with Crippen LogP contribution in [0, 0.1) is 6.92 Å². The van der Waals surface area contributed by atoms with Crippen LogP contribution in [0.5, 0.6) is 0 Å². The van der Waals surface area contributed by atoms with Crippen molar-refractivity contribution in [2.45, 2.75) is 13.0 Å². The topological polar surface area (TPSA) is 51.2 Å². The van der Waals surface area contributed by atoms with Crippen LogP contribution in [0.3, 0.4) is 0 Å². The van der Waals surface area contributed by atoms with E-state index in [1.165, 1.54) is 7.11 Å². The lowest BCUT2D eigenvalue weighted by molar-refractivity contribution is -0.141. The molecule has 1 N–H and O–H groups in total. The molecule has 0 spiro atoms. The molecule has 0 radical (unpaired) electrons. The number of esters is 1. The number of anilines is 1. The van der Waals surface area contributed by atoms with Gasteiger partial charge in [0.15, 0.2) is 6.04 Å². The van der Waals surface area contributed by atoms with E-state index in [1.54, 1.807) is 12.4 Å². The third-order valence-electron chi connectivity index (χ3n) is 2.98. The second-order valence-corrected chi connectivity index (χ2v) is 5.26. The maximum atomic E-state index is 12.0. The molecule has 0 aliphatic heterocycles. The van der Waals surface area contributed by atoms with E-state index in [0.717, 1.165) is 21.3 Å². The predicted molar refractivity (Wildman–Crippen MR) is 81.5 cm³/mol. The Morgan fingerprint density at radius 3 is 2.60 bits per heavy atom. The molecule has 0 saturated heterocycles. The number of carbonyl (C=O) groups excluding carboxylic acids is 1. The summed E-state index contributed by atoms with van der Waals surface area (Å²) >= 11 is 3.38. The van der Waals surface area contributed by atoms with Crippen molar-refractivity contribution in [1.82, 2.24) is 4.98 Å². The molecule has 5 heteroatoms. The number of hydrogen-bond donors (Lipinski definition) is 1. The summed E-state index contributed by atoms with van der Waals surface area (Å²) in [5.74, 6) is -0.344. The van der Waals surface area contributed by atoms with Crippen molar-refractivity contribution in [3.63, 3.8) is 0 Å². The van der Waals surface area contributed by atoms with Crippen LogP contribution in [0.25, 0.3) is 0 Å². The predicted octanol–water partition coefficient (Wildman–Crippen LogP) is 3.48. The van der Waals surface area contributed by atoms with Gasteiger partial charge in [0.25, 0.3) is 0 Å². The van der Waals surface area contributed by atoms with E-state index in [-0.39, 0.29) is 5.97 Å². The number of pyridine rings is 1. The third kappa shape index (κ3) is 3.36. The summed E-state index contributed by atoms with van der Waals surface area (Å²) in [5.41, 5.74) is 2.63. The van der Waals surface area contributed by atoms with Crippen LogP contribution >= 0.6 is 15.9 Å². The minimum absolute atomic E-state index is 0.344. The van der Waals surface area contributed by atoms with E-state index in [2.05, 4.69) is 26.2 Å². The molecule has 0 aliphatic carbocycles. The van der Waals surface area contributed by atoms with Crippen LogP contribution < -0.4 is 5.32 Å². The number of methoxy groups -OCH3 is 1. The fourth-order valence-electron chi connectivity index (χ4n) is 1.87. The Morgan fingerprint density at radius 1 is 1.30 bits per heavy atom. The van der Waals surface area contributed by atoms with Crippen molar-refractivity contribution >= 4 is 27.6 Å². The van der Waals surface area contributed by atoms with Gasteiger partial charge < -0.3 is 10.1 Å². The number of aryl methyl sites for hydroxylation is 1. The molecule has 20 heavy (non-hydrogen) atoms. The lowest BCUT2D eigenvalue weighted by Gasteiger charge is -2.19. The number of aromatic nitrogens is 1. The number of ether oxygens (including phenoxy) is 1. The molecule has 104 valence electrons. The molecule has 1 heterocycles. The molecule has 0 fully saturated rings. The third-order valence-corrected chi connectivity index (χ3v) is 3.51. The van der Waals surface area contributed by atoms with Gasteiger partial charge in [-0.15, -0.1) is 0 Å². The zero-order chi connectivity index (χ0) is 14.5. The van der Waals surface area contributed by atoms with Crippen molar-refractivity contribution in [3.8, 4) is 0 Å².